The normalized spacial score (nSPS) is 10.0. The van der Waals surface area contributed by atoms with Crippen molar-refractivity contribution in [3.63, 3.8) is 0 Å². The Bertz CT molecular complexity index is 601. The number of nitrogens with zero attached hydrogens (tertiary/aromatic N) is 2. The average Bonchev–Trinajstić information content (AvgIpc) is 2.70. The molecule has 0 bridgehead atoms. The van der Waals surface area contributed by atoms with Crippen molar-refractivity contribution in [2.45, 2.75) is 6.92 Å². The van der Waals surface area contributed by atoms with Crippen molar-refractivity contribution < 1.29 is 4.74 Å². The van der Waals surface area contributed by atoms with Gasteiger partial charge in [-0.05, 0) is 25.1 Å². The molecule has 0 saturated carbocycles. The molecular weight excluding hydrogens is 256 g/mol. The Labute approximate surface area is 108 Å². The lowest BCUT2D eigenvalue weighted by Gasteiger charge is -2.03. The molecule has 0 unspecified atom stereocenters. The van der Waals surface area contributed by atoms with E-state index in [1.807, 2.05) is 13.0 Å². The van der Waals surface area contributed by atoms with Gasteiger partial charge in [0.1, 0.15) is 16.8 Å². The molecule has 0 amide bonds. The number of rotatable bonds is 2. The highest BCUT2D eigenvalue weighted by Gasteiger charge is 2.10. The Morgan fingerprint density at radius 2 is 2.24 bits per heavy atom. The van der Waals surface area contributed by atoms with E-state index in [0.717, 1.165) is 15.4 Å². The number of benzene rings is 1. The monoisotopic (exact) mass is 264 g/mol. The fourth-order valence-corrected chi connectivity index (χ4v) is 2.54. The molecule has 86 valence electrons. The second-order valence-electron chi connectivity index (χ2n) is 3.38. The van der Waals surface area contributed by atoms with Crippen LogP contribution in [0, 0.1) is 18.3 Å². The predicted molar refractivity (Wildman–Crippen MR) is 68.6 cm³/mol. The van der Waals surface area contributed by atoms with Crippen molar-refractivity contribution in [3.05, 3.63) is 33.8 Å². The first-order valence-corrected chi connectivity index (χ1v) is 6.06. The SMILES string of the molecule is COc1ccc(-c2nc(C#N)c(C)s2)cc1Cl. The molecule has 0 aliphatic rings. The van der Waals surface area contributed by atoms with Gasteiger partial charge in [0.2, 0.25) is 0 Å². The van der Waals surface area contributed by atoms with E-state index in [-0.39, 0.29) is 0 Å². The summed E-state index contributed by atoms with van der Waals surface area (Å²) in [6.45, 7) is 1.88. The molecule has 0 atom stereocenters. The van der Waals surface area contributed by atoms with Gasteiger partial charge in [0.25, 0.3) is 0 Å². The minimum atomic E-state index is 0.469. The topological polar surface area (TPSA) is 45.9 Å². The molecule has 0 aliphatic heterocycles. The zero-order chi connectivity index (χ0) is 12.4. The summed E-state index contributed by atoms with van der Waals surface area (Å²) in [5.41, 5.74) is 1.36. The van der Waals surface area contributed by atoms with Gasteiger partial charge in [0.15, 0.2) is 5.69 Å². The van der Waals surface area contributed by atoms with Crippen LogP contribution in [0.1, 0.15) is 10.6 Å². The van der Waals surface area contributed by atoms with E-state index in [2.05, 4.69) is 11.1 Å². The molecular formula is C12H9ClN2OS. The number of thiazole rings is 1. The minimum absolute atomic E-state index is 0.469. The maximum absolute atomic E-state index is 8.86. The summed E-state index contributed by atoms with van der Waals surface area (Å²) in [4.78, 5) is 5.16. The first-order valence-electron chi connectivity index (χ1n) is 4.87. The molecule has 0 saturated heterocycles. The lowest BCUT2D eigenvalue weighted by molar-refractivity contribution is 0.415. The van der Waals surface area contributed by atoms with Crippen molar-refractivity contribution in [2.24, 2.45) is 0 Å². The predicted octanol–water partition coefficient (Wildman–Crippen LogP) is 3.65. The van der Waals surface area contributed by atoms with Crippen LogP contribution in [0.15, 0.2) is 18.2 Å². The van der Waals surface area contributed by atoms with Crippen LogP contribution < -0.4 is 4.74 Å². The maximum atomic E-state index is 8.86. The quantitative estimate of drug-likeness (QED) is 0.832. The van der Waals surface area contributed by atoms with E-state index in [0.29, 0.717) is 16.5 Å². The van der Waals surface area contributed by atoms with Crippen LogP contribution in [-0.4, -0.2) is 12.1 Å². The Kier molecular flexibility index (Phi) is 3.32. The molecule has 2 rings (SSSR count). The van der Waals surface area contributed by atoms with Gasteiger partial charge in [-0.25, -0.2) is 4.98 Å². The summed E-state index contributed by atoms with van der Waals surface area (Å²) >= 11 is 7.53. The number of nitriles is 1. The number of methoxy groups -OCH3 is 1. The van der Waals surface area contributed by atoms with Crippen molar-refractivity contribution in [2.75, 3.05) is 7.11 Å². The molecule has 0 N–H and O–H groups in total. The highest BCUT2D eigenvalue weighted by Crippen LogP contribution is 2.33. The van der Waals surface area contributed by atoms with Gasteiger partial charge in [0, 0.05) is 10.4 Å². The molecule has 17 heavy (non-hydrogen) atoms. The number of hydrogen-bond donors (Lipinski definition) is 0. The van der Waals surface area contributed by atoms with Crippen LogP contribution in [0.25, 0.3) is 10.6 Å². The molecule has 0 fully saturated rings. The summed E-state index contributed by atoms with van der Waals surface area (Å²) in [6, 6.07) is 7.53. The lowest BCUT2D eigenvalue weighted by atomic mass is 10.2. The van der Waals surface area contributed by atoms with Crippen LogP contribution in [0.3, 0.4) is 0 Å². The zero-order valence-corrected chi connectivity index (χ0v) is 10.9. The summed E-state index contributed by atoms with van der Waals surface area (Å²) in [5, 5.41) is 10.2. The van der Waals surface area contributed by atoms with Crippen LogP contribution in [0.4, 0.5) is 0 Å². The van der Waals surface area contributed by atoms with Gasteiger partial charge in [-0.3, -0.25) is 0 Å². The number of aryl methyl sites for hydroxylation is 1. The van der Waals surface area contributed by atoms with E-state index >= 15 is 0 Å². The summed E-state index contributed by atoms with van der Waals surface area (Å²) in [5.74, 6) is 0.629. The standard InChI is InChI=1S/C12H9ClN2OS/c1-7-10(6-14)15-12(17-7)8-3-4-11(16-2)9(13)5-8/h3-5H,1-2H3. The smallest absolute Gasteiger partial charge is 0.155 e. The van der Waals surface area contributed by atoms with Gasteiger partial charge in [-0.1, -0.05) is 11.6 Å². The van der Waals surface area contributed by atoms with Crippen molar-refractivity contribution in [1.82, 2.24) is 4.98 Å². The fourth-order valence-electron chi connectivity index (χ4n) is 1.42. The summed E-state index contributed by atoms with van der Waals surface area (Å²) < 4.78 is 5.08. The maximum Gasteiger partial charge on any atom is 0.155 e. The number of ether oxygens (including phenoxy) is 1. The Hall–Kier alpha value is -1.57. The third-order valence-electron chi connectivity index (χ3n) is 2.30. The van der Waals surface area contributed by atoms with Gasteiger partial charge < -0.3 is 4.74 Å². The molecule has 0 radical (unpaired) electrons. The highest BCUT2D eigenvalue weighted by molar-refractivity contribution is 7.15. The summed E-state index contributed by atoms with van der Waals surface area (Å²) in [7, 11) is 1.57. The average molecular weight is 265 g/mol. The zero-order valence-electron chi connectivity index (χ0n) is 9.32. The van der Waals surface area contributed by atoms with Crippen LogP contribution in [0.2, 0.25) is 5.02 Å². The molecule has 1 aromatic carbocycles. The van der Waals surface area contributed by atoms with Crippen LogP contribution in [0.5, 0.6) is 5.75 Å². The first-order chi connectivity index (χ1) is 8.15. The largest absolute Gasteiger partial charge is 0.495 e. The second-order valence-corrected chi connectivity index (χ2v) is 5.00. The molecule has 3 nitrogen and oxygen atoms in total. The Morgan fingerprint density at radius 3 is 2.76 bits per heavy atom. The summed E-state index contributed by atoms with van der Waals surface area (Å²) in [6.07, 6.45) is 0. The van der Waals surface area contributed by atoms with Crippen LogP contribution >= 0.6 is 22.9 Å². The molecule has 1 heterocycles. The minimum Gasteiger partial charge on any atom is -0.495 e. The number of aromatic nitrogens is 1. The third kappa shape index (κ3) is 2.26. The molecule has 5 heteroatoms. The van der Waals surface area contributed by atoms with Crippen molar-refractivity contribution in [3.8, 4) is 22.4 Å². The van der Waals surface area contributed by atoms with Crippen molar-refractivity contribution in [1.29, 1.82) is 5.26 Å². The van der Waals surface area contributed by atoms with E-state index in [1.165, 1.54) is 11.3 Å². The number of halogens is 1. The fraction of sp³-hybridized carbons (Fsp3) is 0.167. The second kappa shape index (κ2) is 4.74. The van der Waals surface area contributed by atoms with E-state index < -0.39 is 0 Å². The highest BCUT2D eigenvalue weighted by atomic mass is 35.5. The van der Waals surface area contributed by atoms with Gasteiger partial charge >= 0.3 is 0 Å². The van der Waals surface area contributed by atoms with E-state index in [1.54, 1.807) is 19.2 Å². The van der Waals surface area contributed by atoms with Gasteiger partial charge in [0.05, 0.1) is 12.1 Å². The van der Waals surface area contributed by atoms with Crippen LogP contribution in [-0.2, 0) is 0 Å². The van der Waals surface area contributed by atoms with Gasteiger partial charge in [-0.2, -0.15) is 5.26 Å². The van der Waals surface area contributed by atoms with Gasteiger partial charge in [-0.15, -0.1) is 11.3 Å². The van der Waals surface area contributed by atoms with E-state index in [9.17, 15) is 0 Å². The Morgan fingerprint density at radius 1 is 1.47 bits per heavy atom. The first kappa shape index (κ1) is 11.9. The Balaban J connectivity index is 2.47. The third-order valence-corrected chi connectivity index (χ3v) is 3.62. The van der Waals surface area contributed by atoms with Crippen molar-refractivity contribution >= 4 is 22.9 Å². The lowest BCUT2D eigenvalue weighted by Crippen LogP contribution is -1.85. The molecule has 1 aromatic heterocycles. The molecule has 2 aromatic rings. The number of hydrogen-bond acceptors (Lipinski definition) is 4. The molecule has 0 spiro atoms. The molecule has 0 aliphatic carbocycles. The van der Waals surface area contributed by atoms with E-state index in [4.69, 9.17) is 21.6 Å².